The molecule has 2 unspecified atom stereocenters. The third kappa shape index (κ3) is 5.24. The summed E-state index contributed by atoms with van der Waals surface area (Å²) in [5.41, 5.74) is -0.793. The molecule has 5 nitrogen and oxygen atoms in total. The summed E-state index contributed by atoms with van der Waals surface area (Å²) in [6.07, 6.45) is 6.53. The summed E-state index contributed by atoms with van der Waals surface area (Å²) in [7, 11) is 0. The highest BCUT2D eigenvalue weighted by Gasteiger charge is 2.38. The molecule has 2 atom stereocenters. The minimum absolute atomic E-state index is 0.325. The molecular formula is C16H30N2O3. The minimum atomic E-state index is -0.793. The Morgan fingerprint density at radius 1 is 1.43 bits per heavy atom. The molecule has 2 N–H and O–H groups in total. The Morgan fingerprint density at radius 2 is 2.19 bits per heavy atom. The van der Waals surface area contributed by atoms with Crippen LogP contribution >= 0.6 is 0 Å². The van der Waals surface area contributed by atoms with E-state index in [9.17, 15) is 9.90 Å². The van der Waals surface area contributed by atoms with Gasteiger partial charge in [-0.15, -0.1) is 0 Å². The number of nitrogens with one attached hydrogen (secondary N) is 1. The predicted molar refractivity (Wildman–Crippen MR) is 82.5 cm³/mol. The molecule has 21 heavy (non-hydrogen) atoms. The zero-order chi connectivity index (χ0) is 15.3. The van der Waals surface area contributed by atoms with Gasteiger partial charge in [0, 0.05) is 25.7 Å². The summed E-state index contributed by atoms with van der Waals surface area (Å²) in [6, 6.07) is 0.410. The number of aliphatic carboxylic acids is 1. The van der Waals surface area contributed by atoms with Crippen LogP contribution < -0.4 is 5.32 Å². The van der Waals surface area contributed by atoms with Crippen molar-refractivity contribution in [3.8, 4) is 0 Å². The van der Waals surface area contributed by atoms with Crippen LogP contribution in [0.3, 0.4) is 0 Å². The summed E-state index contributed by atoms with van der Waals surface area (Å²) in [6.45, 7) is 7.61. The second kappa shape index (κ2) is 7.56. The highest BCUT2D eigenvalue weighted by Crippen LogP contribution is 2.25. The monoisotopic (exact) mass is 298 g/mol. The zero-order valence-corrected chi connectivity index (χ0v) is 13.4. The Labute approximate surface area is 128 Å². The zero-order valence-electron chi connectivity index (χ0n) is 13.4. The topological polar surface area (TPSA) is 61.8 Å². The molecule has 0 radical (unpaired) electrons. The molecule has 1 saturated heterocycles. The van der Waals surface area contributed by atoms with E-state index in [0.717, 1.165) is 58.3 Å². The number of nitrogens with zero attached hydrogens (tertiary/aromatic N) is 1. The maximum Gasteiger partial charge on any atom is 0.323 e. The summed E-state index contributed by atoms with van der Waals surface area (Å²) in [4.78, 5) is 13.9. The fourth-order valence-corrected chi connectivity index (χ4v) is 2.94. The Kier molecular flexibility index (Phi) is 6.02. The highest BCUT2D eigenvalue weighted by atomic mass is 16.5. The third-order valence-corrected chi connectivity index (χ3v) is 4.52. The number of carboxylic acid groups (broad SMARTS) is 1. The predicted octanol–water partition coefficient (Wildman–Crippen LogP) is 1.86. The van der Waals surface area contributed by atoms with E-state index in [2.05, 4.69) is 17.1 Å². The van der Waals surface area contributed by atoms with E-state index in [-0.39, 0.29) is 0 Å². The van der Waals surface area contributed by atoms with Crippen LogP contribution in [0.1, 0.15) is 52.4 Å². The summed E-state index contributed by atoms with van der Waals surface area (Å²) in [5, 5.41) is 12.8. The molecule has 0 amide bonds. The first-order chi connectivity index (χ1) is 10.0. The molecule has 2 aliphatic rings. The Balaban J connectivity index is 1.78. The van der Waals surface area contributed by atoms with Gasteiger partial charge in [-0.2, -0.15) is 0 Å². The molecule has 0 bridgehead atoms. The van der Waals surface area contributed by atoms with Crippen molar-refractivity contribution in [1.82, 2.24) is 10.2 Å². The molecule has 0 spiro atoms. The van der Waals surface area contributed by atoms with Crippen LogP contribution in [-0.4, -0.2) is 59.9 Å². The van der Waals surface area contributed by atoms with Gasteiger partial charge in [0.15, 0.2) is 0 Å². The van der Waals surface area contributed by atoms with Crippen molar-refractivity contribution in [3.63, 3.8) is 0 Å². The molecule has 2 rings (SSSR count). The van der Waals surface area contributed by atoms with Gasteiger partial charge >= 0.3 is 5.97 Å². The number of hydrogen-bond acceptors (Lipinski definition) is 4. The first-order valence-corrected chi connectivity index (χ1v) is 8.38. The van der Waals surface area contributed by atoms with E-state index < -0.39 is 11.5 Å². The lowest BCUT2D eigenvalue weighted by Crippen LogP contribution is -2.53. The maximum atomic E-state index is 11.6. The number of rotatable bonds is 9. The van der Waals surface area contributed by atoms with Gasteiger partial charge < -0.3 is 14.7 Å². The van der Waals surface area contributed by atoms with E-state index in [0.29, 0.717) is 18.6 Å². The van der Waals surface area contributed by atoms with Crippen LogP contribution in [0.2, 0.25) is 0 Å². The van der Waals surface area contributed by atoms with Gasteiger partial charge in [0.05, 0.1) is 6.10 Å². The molecule has 5 heteroatoms. The lowest BCUT2D eigenvalue weighted by molar-refractivity contribution is -0.144. The van der Waals surface area contributed by atoms with Gasteiger partial charge in [0.1, 0.15) is 5.54 Å². The Hall–Kier alpha value is -0.650. The van der Waals surface area contributed by atoms with Gasteiger partial charge in [-0.05, 0) is 52.0 Å². The largest absolute Gasteiger partial charge is 0.480 e. The fraction of sp³-hybridized carbons (Fsp3) is 0.938. The lowest BCUT2D eigenvalue weighted by Gasteiger charge is -2.35. The number of ether oxygens (including phenoxy) is 1. The van der Waals surface area contributed by atoms with Crippen molar-refractivity contribution >= 4 is 5.97 Å². The van der Waals surface area contributed by atoms with Crippen molar-refractivity contribution in [2.75, 3.05) is 26.2 Å². The fourth-order valence-electron chi connectivity index (χ4n) is 2.94. The van der Waals surface area contributed by atoms with E-state index in [1.54, 1.807) is 0 Å². The van der Waals surface area contributed by atoms with Crippen LogP contribution in [0.25, 0.3) is 0 Å². The van der Waals surface area contributed by atoms with Crippen molar-refractivity contribution in [3.05, 3.63) is 0 Å². The van der Waals surface area contributed by atoms with E-state index in [1.165, 1.54) is 0 Å². The van der Waals surface area contributed by atoms with E-state index in [4.69, 9.17) is 4.74 Å². The molecule has 1 saturated carbocycles. The average molecular weight is 298 g/mol. The van der Waals surface area contributed by atoms with E-state index in [1.807, 2.05) is 6.92 Å². The van der Waals surface area contributed by atoms with Gasteiger partial charge in [0.2, 0.25) is 0 Å². The number of likely N-dealkylation sites (tertiary alicyclic amines) is 1. The molecular weight excluding hydrogens is 268 g/mol. The molecule has 1 aliphatic carbocycles. The summed E-state index contributed by atoms with van der Waals surface area (Å²) >= 11 is 0. The van der Waals surface area contributed by atoms with E-state index >= 15 is 0 Å². The lowest BCUT2D eigenvalue weighted by atomic mass is 9.96. The van der Waals surface area contributed by atoms with Crippen LogP contribution in [-0.2, 0) is 9.53 Å². The Bertz CT molecular complexity index is 346. The second-order valence-electron chi connectivity index (χ2n) is 6.74. The van der Waals surface area contributed by atoms with Gasteiger partial charge in [-0.25, -0.2) is 0 Å². The first kappa shape index (κ1) is 16.7. The van der Waals surface area contributed by atoms with Crippen molar-refractivity contribution in [2.24, 2.45) is 0 Å². The quantitative estimate of drug-likeness (QED) is 0.680. The van der Waals surface area contributed by atoms with Gasteiger partial charge in [-0.1, -0.05) is 6.92 Å². The molecule has 2 fully saturated rings. The summed E-state index contributed by atoms with van der Waals surface area (Å²) < 4.78 is 5.84. The molecule has 1 heterocycles. The first-order valence-electron chi connectivity index (χ1n) is 8.38. The minimum Gasteiger partial charge on any atom is -0.480 e. The van der Waals surface area contributed by atoms with Crippen LogP contribution in [0.15, 0.2) is 0 Å². The SMILES string of the molecule is CCCOC1CCCN(CCC(C)(NC2CC2)C(=O)O)C1. The van der Waals surface area contributed by atoms with Crippen molar-refractivity contribution < 1.29 is 14.6 Å². The normalized spacial score (nSPS) is 26.5. The molecule has 0 aromatic rings. The maximum absolute atomic E-state index is 11.6. The molecule has 0 aromatic heterocycles. The molecule has 1 aliphatic heterocycles. The number of hydrogen-bond donors (Lipinski definition) is 2. The summed E-state index contributed by atoms with van der Waals surface area (Å²) in [5.74, 6) is -0.731. The third-order valence-electron chi connectivity index (χ3n) is 4.52. The molecule has 122 valence electrons. The van der Waals surface area contributed by atoms with Crippen LogP contribution in [0.4, 0.5) is 0 Å². The van der Waals surface area contributed by atoms with Gasteiger partial charge in [-0.3, -0.25) is 10.1 Å². The molecule has 0 aromatic carbocycles. The second-order valence-corrected chi connectivity index (χ2v) is 6.74. The standard InChI is InChI=1S/C16H30N2O3/c1-3-11-21-14-5-4-9-18(12-14)10-8-16(2,15(19)20)17-13-6-7-13/h13-14,17H,3-12H2,1-2H3,(H,19,20). The number of carboxylic acids is 1. The smallest absolute Gasteiger partial charge is 0.323 e. The Morgan fingerprint density at radius 3 is 2.81 bits per heavy atom. The average Bonchev–Trinajstić information content (AvgIpc) is 3.27. The van der Waals surface area contributed by atoms with Crippen molar-refractivity contribution in [2.45, 2.75) is 70.1 Å². The highest BCUT2D eigenvalue weighted by molar-refractivity contribution is 5.78. The van der Waals surface area contributed by atoms with Crippen LogP contribution in [0, 0.1) is 0 Å². The van der Waals surface area contributed by atoms with Crippen LogP contribution in [0.5, 0.6) is 0 Å². The van der Waals surface area contributed by atoms with Crippen molar-refractivity contribution in [1.29, 1.82) is 0 Å². The number of carbonyl (C=O) groups is 1. The number of piperidine rings is 1. The van der Waals surface area contributed by atoms with Gasteiger partial charge in [0.25, 0.3) is 0 Å².